The van der Waals surface area contributed by atoms with Gasteiger partial charge in [0.05, 0.1) is 24.8 Å². The predicted octanol–water partition coefficient (Wildman–Crippen LogP) is 6.11. The fourth-order valence-corrected chi connectivity index (χ4v) is 6.77. The van der Waals surface area contributed by atoms with Gasteiger partial charge >= 0.3 is 0 Å². The lowest BCUT2D eigenvalue weighted by Gasteiger charge is -2.34. The number of halogens is 1. The zero-order valence-corrected chi connectivity index (χ0v) is 28.3. The van der Waals surface area contributed by atoms with Crippen molar-refractivity contribution in [2.75, 3.05) is 31.6 Å². The number of nitrogens with zero attached hydrogens (tertiary/aromatic N) is 2. The van der Waals surface area contributed by atoms with Gasteiger partial charge in [0, 0.05) is 30.6 Å². The molecule has 0 aliphatic carbocycles. The molecule has 0 radical (unpaired) electrons. The Balaban J connectivity index is 1.84. The van der Waals surface area contributed by atoms with E-state index in [4.69, 9.17) is 21.1 Å². The minimum Gasteiger partial charge on any atom is -0.497 e. The summed E-state index contributed by atoms with van der Waals surface area (Å²) in [5.41, 5.74) is 1.63. The van der Waals surface area contributed by atoms with Gasteiger partial charge in [0.25, 0.3) is 10.0 Å². The molecule has 1 N–H and O–H groups in total. The molecule has 248 valence electrons. The summed E-state index contributed by atoms with van der Waals surface area (Å²) in [4.78, 5) is 29.9. The average molecular weight is 678 g/mol. The average Bonchev–Trinajstić information content (AvgIpc) is 3.09. The molecule has 0 fully saturated rings. The van der Waals surface area contributed by atoms with Crippen LogP contribution < -0.4 is 19.1 Å². The van der Waals surface area contributed by atoms with Crippen LogP contribution in [-0.2, 0) is 32.6 Å². The maximum absolute atomic E-state index is 14.6. The molecule has 0 saturated heterocycles. The van der Waals surface area contributed by atoms with Crippen molar-refractivity contribution in [2.45, 2.75) is 43.7 Å². The summed E-state index contributed by atoms with van der Waals surface area (Å²) in [5.74, 6) is -0.345. The predicted molar refractivity (Wildman–Crippen MR) is 184 cm³/mol. The van der Waals surface area contributed by atoms with Gasteiger partial charge in [0.1, 0.15) is 24.1 Å². The van der Waals surface area contributed by atoms with Crippen molar-refractivity contribution in [3.05, 3.63) is 119 Å². The molecule has 4 aromatic carbocycles. The molecule has 9 nitrogen and oxygen atoms in total. The Morgan fingerprint density at radius 1 is 0.851 bits per heavy atom. The van der Waals surface area contributed by atoms with E-state index in [-0.39, 0.29) is 35.2 Å². The monoisotopic (exact) mass is 677 g/mol. The molecule has 47 heavy (non-hydrogen) atoms. The highest BCUT2D eigenvalue weighted by atomic mass is 35.5. The molecule has 2 amide bonds. The largest absolute Gasteiger partial charge is 0.497 e. The van der Waals surface area contributed by atoms with Crippen molar-refractivity contribution in [1.82, 2.24) is 10.2 Å². The molecule has 0 heterocycles. The molecule has 4 rings (SSSR count). The Morgan fingerprint density at radius 3 is 2.17 bits per heavy atom. The first-order valence-electron chi connectivity index (χ1n) is 15.3. The highest BCUT2D eigenvalue weighted by Gasteiger charge is 2.35. The van der Waals surface area contributed by atoms with Crippen LogP contribution >= 0.6 is 11.6 Å². The molecule has 0 spiro atoms. The topological polar surface area (TPSA) is 105 Å². The quantitative estimate of drug-likeness (QED) is 0.144. The van der Waals surface area contributed by atoms with Crippen LogP contribution in [0.5, 0.6) is 11.5 Å². The number of unbranched alkanes of at least 4 members (excludes halogenated alkanes) is 1. The van der Waals surface area contributed by atoms with Gasteiger partial charge in [-0.15, -0.1) is 0 Å². The van der Waals surface area contributed by atoms with Gasteiger partial charge in [-0.05, 0) is 53.9 Å². The van der Waals surface area contributed by atoms with E-state index in [1.54, 1.807) is 48.5 Å². The Kier molecular flexibility index (Phi) is 12.7. The normalized spacial score (nSPS) is 11.7. The number of amides is 2. The SMILES string of the molecule is CCCCNC(=O)[C@H](Cc1ccccc1)N(Cc1cccc(Cl)c1)C(=O)CN(c1cc(OC)ccc1OC)S(=O)(=O)c1ccccc1. The van der Waals surface area contributed by atoms with Gasteiger partial charge in [-0.2, -0.15) is 0 Å². The lowest BCUT2D eigenvalue weighted by Crippen LogP contribution is -2.53. The molecular formula is C36H40ClN3O6S. The standard InChI is InChI=1S/C36H40ClN3O6S/c1-4-5-21-38-36(42)33(23-27-13-8-6-9-14-27)39(25-28-15-12-16-29(37)22-28)35(41)26-40(47(43,44)31-17-10-7-11-18-31)32-24-30(45-2)19-20-34(32)46-3/h6-20,22,24,33H,4-5,21,23,25-26H2,1-3H3,(H,38,42)/t33-/m0/s1. The fourth-order valence-electron chi connectivity index (χ4n) is 5.12. The number of ether oxygens (including phenoxy) is 2. The number of carbonyl (C=O) groups excluding carboxylic acids is 2. The number of rotatable bonds is 16. The maximum Gasteiger partial charge on any atom is 0.264 e. The van der Waals surface area contributed by atoms with Gasteiger partial charge < -0.3 is 19.7 Å². The number of methoxy groups -OCH3 is 2. The third-order valence-electron chi connectivity index (χ3n) is 7.61. The lowest BCUT2D eigenvalue weighted by molar-refractivity contribution is -0.140. The Hall–Kier alpha value is -4.54. The van der Waals surface area contributed by atoms with Crippen LogP contribution in [0.25, 0.3) is 0 Å². The fraction of sp³-hybridized carbons (Fsp3) is 0.278. The van der Waals surface area contributed by atoms with Crippen LogP contribution in [0.2, 0.25) is 5.02 Å². The van der Waals surface area contributed by atoms with Crippen molar-refractivity contribution in [2.24, 2.45) is 0 Å². The minimum absolute atomic E-state index is 0.00651. The Labute approximate surface area is 282 Å². The molecule has 0 saturated carbocycles. The van der Waals surface area contributed by atoms with Crippen molar-refractivity contribution in [3.8, 4) is 11.5 Å². The second-order valence-electron chi connectivity index (χ2n) is 10.9. The maximum atomic E-state index is 14.6. The Bertz CT molecular complexity index is 1740. The van der Waals surface area contributed by atoms with E-state index in [1.165, 1.54) is 37.3 Å². The Morgan fingerprint density at radius 2 is 1.53 bits per heavy atom. The van der Waals surface area contributed by atoms with Gasteiger partial charge in [0.15, 0.2) is 0 Å². The summed E-state index contributed by atoms with van der Waals surface area (Å²) in [7, 11) is -1.43. The zero-order valence-electron chi connectivity index (χ0n) is 26.8. The number of hydrogen-bond acceptors (Lipinski definition) is 6. The van der Waals surface area contributed by atoms with Crippen molar-refractivity contribution < 1.29 is 27.5 Å². The summed E-state index contributed by atoms with van der Waals surface area (Å²) in [6.07, 6.45) is 1.85. The van der Waals surface area contributed by atoms with Gasteiger partial charge in [-0.25, -0.2) is 8.42 Å². The van der Waals surface area contributed by atoms with E-state index in [0.29, 0.717) is 22.9 Å². The molecule has 0 aliphatic rings. The molecule has 0 bridgehead atoms. The van der Waals surface area contributed by atoms with Crippen LogP contribution in [0.4, 0.5) is 5.69 Å². The molecular weight excluding hydrogens is 638 g/mol. The first-order valence-corrected chi connectivity index (χ1v) is 17.1. The van der Waals surface area contributed by atoms with Crippen LogP contribution in [0.3, 0.4) is 0 Å². The van der Waals surface area contributed by atoms with Crippen LogP contribution in [0.1, 0.15) is 30.9 Å². The number of nitrogens with one attached hydrogen (secondary N) is 1. The number of benzene rings is 4. The van der Waals surface area contributed by atoms with Crippen molar-refractivity contribution >= 4 is 39.1 Å². The third kappa shape index (κ3) is 9.27. The summed E-state index contributed by atoms with van der Waals surface area (Å²) in [6.45, 7) is 1.84. The summed E-state index contributed by atoms with van der Waals surface area (Å²) in [6, 6.07) is 28.0. The third-order valence-corrected chi connectivity index (χ3v) is 9.62. The van der Waals surface area contributed by atoms with E-state index in [1.807, 2.05) is 43.3 Å². The number of anilines is 1. The van der Waals surface area contributed by atoms with Crippen LogP contribution in [0.15, 0.2) is 108 Å². The van der Waals surface area contributed by atoms with Crippen molar-refractivity contribution in [3.63, 3.8) is 0 Å². The molecule has 0 aliphatic heterocycles. The first-order chi connectivity index (χ1) is 22.7. The highest BCUT2D eigenvalue weighted by molar-refractivity contribution is 7.92. The summed E-state index contributed by atoms with van der Waals surface area (Å²) in [5, 5.41) is 3.45. The van der Waals surface area contributed by atoms with Gasteiger partial charge in [-0.3, -0.25) is 13.9 Å². The summed E-state index contributed by atoms with van der Waals surface area (Å²) >= 11 is 6.32. The van der Waals surface area contributed by atoms with E-state index >= 15 is 0 Å². The van der Waals surface area contributed by atoms with Crippen LogP contribution in [-0.4, -0.2) is 58.5 Å². The highest BCUT2D eigenvalue weighted by Crippen LogP contribution is 2.36. The van der Waals surface area contributed by atoms with E-state index in [9.17, 15) is 18.0 Å². The number of sulfonamides is 1. The lowest BCUT2D eigenvalue weighted by atomic mass is 10.0. The molecule has 11 heteroatoms. The van der Waals surface area contributed by atoms with E-state index in [2.05, 4.69) is 5.32 Å². The van der Waals surface area contributed by atoms with E-state index in [0.717, 1.165) is 22.7 Å². The van der Waals surface area contributed by atoms with Crippen molar-refractivity contribution in [1.29, 1.82) is 0 Å². The minimum atomic E-state index is -4.31. The first kappa shape index (κ1) is 35.3. The van der Waals surface area contributed by atoms with E-state index < -0.39 is 28.5 Å². The van der Waals surface area contributed by atoms with Gasteiger partial charge in [0.2, 0.25) is 11.8 Å². The number of hydrogen-bond donors (Lipinski definition) is 1. The smallest absolute Gasteiger partial charge is 0.264 e. The zero-order chi connectivity index (χ0) is 33.8. The molecule has 0 unspecified atom stereocenters. The number of carbonyl (C=O) groups is 2. The summed E-state index contributed by atoms with van der Waals surface area (Å²) < 4.78 is 40.6. The van der Waals surface area contributed by atoms with Gasteiger partial charge in [-0.1, -0.05) is 85.6 Å². The second-order valence-corrected chi connectivity index (χ2v) is 13.2. The second kappa shape index (κ2) is 16.9. The molecule has 4 aromatic rings. The van der Waals surface area contributed by atoms with Crippen LogP contribution in [0, 0.1) is 0 Å². The molecule has 0 aromatic heterocycles. The molecule has 1 atom stereocenters.